The quantitative estimate of drug-likeness (QED) is 0.555. The molecule has 1 unspecified atom stereocenters. The number of aryl methyl sites for hydroxylation is 2. The van der Waals surface area contributed by atoms with E-state index in [4.69, 9.17) is 5.11 Å². The first-order valence-electron chi connectivity index (χ1n) is 9.49. The summed E-state index contributed by atoms with van der Waals surface area (Å²) in [5.74, 6) is 0. The lowest BCUT2D eigenvalue weighted by Crippen LogP contribution is -2.27. The van der Waals surface area contributed by atoms with Gasteiger partial charge in [0.2, 0.25) is 0 Å². The number of benzene rings is 2. The van der Waals surface area contributed by atoms with Gasteiger partial charge >= 0.3 is 0 Å². The Kier molecular flexibility index (Phi) is 4.81. The SMILES string of the molecule is Cc1[nH]c2ccccc2c1CCNC1CCCc2cc(/C=C/O)ccc21. The molecule has 0 saturated carbocycles. The molecular weight excluding hydrogens is 320 g/mol. The maximum absolute atomic E-state index is 8.98. The van der Waals surface area contributed by atoms with Crippen molar-refractivity contribution in [1.82, 2.24) is 10.3 Å². The van der Waals surface area contributed by atoms with Gasteiger partial charge in [0, 0.05) is 22.6 Å². The molecule has 2 aromatic carbocycles. The van der Waals surface area contributed by atoms with Gasteiger partial charge in [0.15, 0.2) is 0 Å². The Labute approximate surface area is 154 Å². The van der Waals surface area contributed by atoms with Crippen LogP contribution in [-0.4, -0.2) is 16.6 Å². The zero-order valence-electron chi connectivity index (χ0n) is 15.3. The van der Waals surface area contributed by atoms with Crippen LogP contribution in [0.3, 0.4) is 0 Å². The molecular formula is C23H26N2O. The van der Waals surface area contributed by atoms with E-state index in [0.717, 1.165) is 31.2 Å². The summed E-state index contributed by atoms with van der Waals surface area (Å²) < 4.78 is 0. The maximum Gasteiger partial charge on any atom is 0.0797 e. The molecule has 3 nitrogen and oxygen atoms in total. The summed E-state index contributed by atoms with van der Waals surface area (Å²) in [5, 5.41) is 14.1. The molecule has 0 fully saturated rings. The highest BCUT2D eigenvalue weighted by atomic mass is 16.2. The van der Waals surface area contributed by atoms with Gasteiger partial charge < -0.3 is 15.4 Å². The lowest BCUT2D eigenvalue weighted by molar-refractivity contribution is 0.463. The Morgan fingerprint density at radius 1 is 1.23 bits per heavy atom. The fourth-order valence-electron chi connectivity index (χ4n) is 4.26. The summed E-state index contributed by atoms with van der Waals surface area (Å²) in [6.45, 7) is 3.15. The second-order valence-corrected chi connectivity index (χ2v) is 7.20. The van der Waals surface area contributed by atoms with Crippen molar-refractivity contribution in [3.8, 4) is 0 Å². The van der Waals surface area contributed by atoms with Crippen LogP contribution < -0.4 is 5.32 Å². The van der Waals surface area contributed by atoms with E-state index in [9.17, 15) is 0 Å². The smallest absolute Gasteiger partial charge is 0.0797 e. The van der Waals surface area contributed by atoms with Crippen molar-refractivity contribution < 1.29 is 5.11 Å². The summed E-state index contributed by atoms with van der Waals surface area (Å²) in [6, 6.07) is 15.5. The summed E-state index contributed by atoms with van der Waals surface area (Å²) in [6.07, 6.45) is 7.42. The summed E-state index contributed by atoms with van der Waals surface area (Å²) in [5.41, 5.74) is 7.83. The van der Waals surface area contributed by atoms with Gasteiger partial charge in [-0.05, 0) is 73.5 Å². The van der Waals surface area contributed by atoms with Gasteiger partial charge in [-0.25, -0.2) is 0 Å². The van der Waals surface area contributed by atoms with Crippen molar-refractivity contribution in [3.05, 3.63) is 76.7 Å². The Hall–Kier alpha value is -2.52. The molecule has 0 radical (unpaired) electrons. The molecule has 0 saturated heterocycles. The molecule has 0 aliphatic heterocycles. The first kappa shape index (κ1) is 16.9. The van der Waals surface area contributed by atoms with Crippen LogP contribution in [0.15, 0.2) is 48.7 Å². The monoisotopic (exact) mass is 346 g/mol. The van der Waals surface area contributed by atoms with Crippen molar-refractivity contribution in [1.29, 1.82) is 0 Å². The topological polar surface area (TPSA) is 48.0 Å². The molecule has 1 atom stereocenters. The predicted molar refractivity (Wildman–Crippen MR) is 109 cm³/mol. The second-order valence-electron chi connectivity index (χ2n) is 7.20. The van der Waals surface area contributed by atoms with Crippen molar-refractivity contribution in [2.24, 2.45) is 0 Å². The van der Waals surface area contributed by atoms with Gasteiger partial charge in [-0.2, -0.15) is 0 Å². The van der Waals surface area contributed by atoms with Crippen LogP contribution in [0.2, 0.25) is 0 Å². The molecule has 4 rings (SSSR count). The standard InChI is InChI=1S/C23H26N2O/c1-16-19(21-6-2-3-7-23(21)25-16)11-13-24-22-8-4-5-18-15-17(12-14-26)9-10-20(18)22/h2-3,6-7,9-10,12,14-15,22,24-26H,4-5,8,11,13H2,1H3/b14-12+. The molecule has 1 heterocycles. The number of para-hydroxylation sites is 1. The molecule has 0 bridgehead atoms. The number of aromatic nitrogens is 1. The van der Waals surface area contributed by atoms with E-state index in [1.807, 2.05) is 0 Å². The number of aromatic amines is 1. The van der Waals surface area contributed by atoms with Gasteiger partial charge in [0.1, 0.15) is 0 Å². The van der Waals surface area contributed by atoms with Gasteiger partial charge in [-0.3, -0.25) is 0 Å². The average Bonchev–Trinajstić information content (AvgIpc) is 2.97. The van der Waals surface area contributed by atoms with Crippen molar-refractivity contribution >= 4 is 17.0 Å². The Balaban J connectivity index is 1.47. The third-order valence-corrected chi connectivity index (χ3v) is 5.54. The summed E-state index contributed by atoms with van der Waals surface area (Å²) >= 11 is 0. The molecule has 1 aliphatic rings. The minimum atomic E-state index is 0.427. The number of aliphatic hydroxyl groups is 1. The van der Waals surface area contributed by atoms with Crippen molar-refractivity contribution in [3.63, 3.8) is 0 Å². The fraction of sp³-hybridized carbons (Fsp3) is 0.304. The zero-order valence-corrected chi connectivity index (χ0v) is 15.3. The van der Waals surface area contributed by atoms with E-state index < -0.39 is 0 Å². The van der Waals surface area contributed by atoms with E-state index >= 15 is 0 Å². The molecule has 134 valence electrons. The summed E-state index contributed by atoms with van der Waals surface area (Å²) in [4.78, 5) is 3.49. The lowest BCUT2D eigenvalue weighted by Gasteiger charge is -2.27. The number of fused-ring (bicyclic) bond motifs is 2. The zero-order chi connectivity index (χ0) is 17.9. The molecule has 3 aromatic rings. The number of nitrogens with one attached hydrogen (secondary N) is 2. The largest absolute Gasteiger partial charge is 0.516 e. The van der Waals surface area contributed by atoms with E-state index in [0.29, 0.717) is 6.04 Å². The van der Waals surface area contributed by atoms with Gasteiger partial charge in [-0.1, -0.05) is 36.4 Å². The van der Waals surface area contributed by atoms with Crippen LogP contribution in [0.5, 0.6) is 0 Å². The molecule has 0 spiro atoms. The van der Waals surface area contributed by atoms with Crippen LogP contribution in [0.1, 0.15) is 46.8 Å². The second kappa shape index (κ2) is 7.38. The molecule has 1 aromatic heterocycles. The van der Waals surface area contributed by atoms with Crippen LogP contribution in [-0.2, 0) is 12.8 Å². The predicted octanol–water partition coefficient (Wildman–Crippen LogP) is 5.21. The van der Waals surface area contributed by atoms with E-state index in [-0.39, 0.29) is 0 Å². The van der Waals surface area contributed by atoms with Crippen molar-refractivity contribution in [2.45, 2.75) is 38.6 Å². The van der Waals surface area contributed by atoms with Crippen molar-refractivity contribution in [2.75, 3.05) is 6.54 Å². The number of H-pyrrole nitrogens is 1. The molecule has 3 heteroatoms. The molecule has 26 heavy (non-hydrogen) atoms. The number of aliphatic hydroxyl groups excluding tert-OH is 1. The first-order chi connectivity index (χ1) is 12.8. The number of hydrogen-bond donors (Lipinski definition) is 3. The highest BCUT2D eigenvalue weighted by molar-refractivity contribution is 5.84. The van der Waals surface area contributed by atoms with Gasteiger partial charge in [0.05, 0.1) is 6.26 Å². The van der Waals surface area contributed by atoms with Gasteiger partial charge in [-0.15, -0.1) is 0 Å². The Morgan fingerprint density at radius 2 is 2.12 bits per heavy atom. The third-order valence-electron chi connectivity index (χ3n) is 5.54. The highest BCUT2D eigenvalue weighted by Gasteiger charge is 2.20. The molecule has 1 aliphatic carbocycles. The first-order valence-corrected chi connectivity index (χ1v) is 9.49. The Morgan fingerprint density at radius 3 is 3.00 bits per heavy atom. The minimum absolute atomic E-state index is 0.427. The fourth-order valence-corrected chi connectivity index (χ4v) is 4.26. The normalized spacial score (nSPS) is 17.0. The van der Waals surface area contributed by atoms with E-state index in [1.165, 1.54) is 46.1 Å². The van der Waals surface area contributed by atoms with Crippen LogP contribution in [0.4, 0.5) is 0 Å². The number of hydrogen-bond acceptors (Lipinski definition) is 2. The van der Waals surface area contributed by atoms with Crippen LogP contribution >= 0.6 is 0 Å². The van der Waals surface area contributed by atoms with E-state index in [1.54, 1.807) is 6.08 Å². The minimum Gasteiger partial charge on any atom is -0.516 e. The maximum atomic E-state index is 8.98. The molecule has 3 N–H and O–H groups in total. The Bertz CT molecular complexity index is 939. The summed E-state index contributed by atoms with van der Waals surface area (Å²) in [7, 11) is 0. The number of rotatable bonds is 5. The highest BCUT2D eigenvalue weighted by Crippen LogP contribution is 2.31. The molecule has 0 amide bonds. The van der Waals surface area contributed by atoms with Crippen LogP contribution in [0, 0.1) is 6.92 Å². The third kappa shape index (κ3) is 3.27. The van der Waals surface area contributed by atoms with Gasteiger partial charge in [0.25, 0.3) is 0 Å². The lowest BCUT2D eigenvalue weighted by atomic mass is 9.86. The average molecular weight is 346 g/mol. The van der Waals surface area contributed by atoms with Crippen LogP contribution in [0.25, 0.3) is 17.0 Å². The van der Waals surface area contributed by atoms with E-state index in [2.05, 4.69) is 59.7 Å².